The van der Waals surface area contributed by atoms with Crippen molar-refractivity contribution < 1.29 is 0 Å². The third-order valence-corrected chi connectivity index (χ3v) is 1.95. The standard InChI is InChI=1S/C8H6N3/c9-5-8(2-3-8)7-1-4-10-6-11-7/h4,6H,2-3H2. The van der Waals surface area contributed by atoms with Crippen molar-refractivity contribution in [1.82, 2.24) is 9.97 Å². The van der Waals surface area contributed by atoms with E-state index in [1.165, 1.54) is 6.33 Å². The van der Waals surface area contributed by atoms with Crippen LogP contribution in [0.4, 0.5) is 0 Å². The monoisotopic (exact) mass is 144 g/mol. The number of hydrogen-bond donors (Lipinski definition) is 0. The predicted molar refractivity (Wildman–Crippen MR) is 37.4 cm³/mol. The lowest BCUT2D eigenvalue weighted by atomic mass is 10.1. The normalized spacial score (nSPS) is 18.8. The van der Waals surface area contributed by atoms with Crippen molar-refractivity contribution in [2.45, 2.75) is 18.3 Å². The summed E-state index contributed by atoms with van der Waals surface area (Å²) in [5.74, 6) is 0. The molecule has 0 saturated heterocycles. The molecule has 0 N–H and O–H groups in total. The summed E-state index contributed by atoms with van der Waals surface area (Å²) < 4.78 is 0. The number of nitrogens with zero attached hydrogens (tertiary/aromatic N) is 3. The van der Waals surface area contributed by atoms with Crippen molar-refractivity contribution >= 4 is 0 Å². The Morgan fingerprint density at radius 1 is 1.64 bits per heavy atom. The SMILES string of the molecule is N#CC1(c2[c]cncn2)CC1. The van der Waals surface area contributed by atoms with Gasteiger partial charge in [-0.1, -0.05) is 0 Å². The highest BCUT2D eigenvalue weighted by atomic mass is 14.8. The molecule has 2 rings (SSSR count). The van der Waals surface area contributed by atoms with E-state index >= 15 is 0 Å². The van der Waals surface area contributed by atoms with Gasteiger partial charge in [-0.15, -0.1) is 0 Å². The lowest BCUT2D eigenvalue weighted by Crippen LogP contribution is -2.05. The molecule has 1 heterocycles. The van der Waals surface area contributed by atoms with Crippen LogP contribution in [0.1, 0.15) is 18.5 Å². The van der Waals surface area contributed by atoms with Crippen molar-refractivity contribution in [2.24, 2.45) is 0 Å². The fourth-order valence-corrected chi connectivity index (χ4v) is 1.05. The Labute approximate surface area is 64.7 Å². The largest absolute Gasteiger partial charge is 0.244 e. The van der Waals surface area contributed by atoms with Crippen LogP contribution in [0.3, 0.4) is 0 Å². The topological polar surface area (TPSA) is 49.6 Å². The summed E-state index contributed by atoms with van der Waals surface area (Å²) in [6.45, 7) is 0. The number of nitriles is 1. The lowest BCUT2D eigenvalue weighted by molar-refractivity contribution is 0.839. The lowest BCUT2D eigenvalue weighted by Gasteiger charge is -2.00. The van der Waals surface area contributed by atoms with E-state index in [1.807, 2.05) is 0 Å². The van der Waals surface area contributed by atoms with Crippen molar-refractivity contribution in [3.05, 3.63) is 24.3 Å². The van der Waals surface area contributed by atoms with Crippen LogP contribution in [0, 0.1) is 17.4 Å². The second kappa shape index (κ2) is 2.03. The molecular formula is C8H6N3. The molecule has 53 valence electrons. The van der Waals surface area contributed by atoms with Crippen molar-refractivity contribution in [1.29, 1.82) is 5.26 Å². The summed E-state index contributed by atoms with van der Waals surface area (Å²) in [6, 6.07) is 5.12. The molecule has 1 aromatic rings. The predicted octanol–water partition coefficient (Wildman–Crippen LogP) is 0.832. The van der Waals surface area contributed by atoms with Crippen LogP contribution >= 0.6 is 0 Å². The molecule has 1 aliphatic rings. The van der Waals surface area contributed by atoms with Crippen LogP contribution in [-0.4, -0.2) is 9.97 Å². The Morgan fingerprint density at radius 3 is 2.91 bits per heavy atom. The molecule has 0 aromatic carbocycles. The molecule has 0 unspecified atom stereocenters. The Hall–Kier alpha value is -1.43. The molecule has 0 spiro atoms. The van der Waals surface area contributed by atoms with Crippen molar-refractivity contribution in [2.75, 3.05) is 0 Å². The van der Waals surface area contributed by atoms with Crippen LogP contribution in [0.5, 0.6) is 0 Å². The Morgan fingerprint density at radius 2 is 2.45 bits per heavy atom. The summed E-state index contributed by atoms with van der Waals surface area (Å²) in [4.78, 5) is 7.74. The Kier molecular flexibility index (Phi) is 1.16. The van der Waals surface area contributed by atoms with Crippen LogP contribution in [0.25, 0.3) is 0 Å². The second-order valence-corrected chi connectivity index (χ2v) is 2.71. The number of rotatable bonds is 1. The Bertz CT molecular complexity index is 295. The van der Waals surface area contributed by atoms with E-state index in [2.05, 4.69) is 22.1 Å². The molecule has 0 amide bonds. The van der Waals surface area contributed by atoms with E-state index in [4.69, 9.17) is 5.26 Å². The first-order valence-electron chi connectivity index (χ1n) is 3.47. The van der Waals surface area contributed by atoms with Gasteiger partial charge in [-0.3, -0.25) is 0 Å². The third-order valence-electron chi connectivity index (χ3n) is 1.95. The molecule has 0 bridgehead atoms. The van der Waals surface area contributed by atoms with Gasteiger partial charge in [0.25, 0.3) is 0 Å². The van der Waals surface area contributed by atoms with Gasteiger partial charge in [0, 0.05) is 12.3 Å². The van der Waals surface area contributed by atoms with Crippen LogP contribution in [0.2, 0.25) is 0 Å². The van der Waals surface area contributed by atoms with Gasteiger partial charge in [-0.05, 0) is 12.8 Å². The number of aromatic nitrogens is 2. The molecule has 3 nitrogen and oxygen atoms in total. The van der Waals surface area contributed by atoms with E-state index in [9.17, 15) is 0 Å². The fourth-order valence-electron chi connectivity index (χ4n) is 1.05. The van der Waals surface area contributed by atoms with E-state index in [0.29, 0.717) is 0 Å². The smallest absolute Gasteiger partial charge is 0.115 e. The highest BCUT2D eigenvalue weighted by molar-refractivity contribution is 5.31. The van der Waals surface area contributed by atoms with Crippen molar-refractivity contribution in [3.63, 3.8) is 0 Å². The number of hydrogen-bond acceptors (Lipinski definition) is 3. The van der Waals surface area contributed by atoms with Gasteiger partial charge in [0.15, 0.2) is 0 Å². The van der Waals surface area contributed by atoms with E-state index in [1.54, 1.807) is 6.20 Å². The van der Waals surface area contributed by atoms with Gasteiger partial charge in [0.05, 0.1) is 11.8 Å². The van der Waals surface area contributed by atoms with E-state index in [-0.39, 0.29) is 5.41 Å². The van der Waals surface area contributed by atoms with Gasteiger partial charge in [-0.25, -0.2) is 9.97 Å². The first kappa shape index (κ1) is 6.29. The summed E-state index contributed by atoms with van der Waals surface area (Å²) in [6.07, 6.45) is 4.84. The summed E-state index contributed by atoms with van der Waals surface area (Å²) >= 11 is 0. The van der Waals surface area contributed by atoms with Gasteiger partial charge >= 0.3 is 0 Å². The Balaban J connectivity index is 2.39. The zero-order valence-electron chi connectivity index (χ0n) is 5.91. The maximum absolute atomic E-state index is 8.78. The van der Waals surface area contributed by atoms with Crippen LogP contribution in [-0.2, 0) is 5.41 Å². The minimum absolute atomic E-state index is 0.317. The first-order chi connectivity index (χ1) is 5.37. The minimum Gasteiger partial charge on any atom is -0.244 e. The summed E-state index contributed by atoms with van der Waals surface area (Å²) in [7, 11) is 0. The van der Waals surface area contributed by atoms with Crippen LogP contribution < -0.4 is 0 Å². The molecule has 11 heavy (non-hydrogen) atoms. The fraction of sp³-hybridized carbons (Fsp3) is 0.375. The molecule has 0 atom stereocenters. The molecule has 1 aromatic heterocycles. The maximum atomic E-state index is 8.78. The molecule has 1 radical (unpaired) electrons. The summed E-state index contributed by atoms with van der Waals surface area (Å²) in [5, 5.41) is 8.78. The van der Waals surface area contributed by atoms with E-state index in [0.717, 1.165) is 18.5 Å². The van der Waals surface area contributed by atoms with Crippen molar-refractivity contribution in [3.8, 4) is 6.07 Å². The molecule has 1 aliphatic carbocycles. The highest BCUT2D eigenvalue weighted by Gasteiger charge is 2.46. The zero-order chi connectivity index (χ0) is 7.73. The van der Waals surface area contributed by atoms with Gasteiger partial charge in [-0.2, -0.15) is 5.26 Å². The zero-order valence-corrected chi connectivity index (χ0v) is 5.91. The van der Waals surface area contributed by atoms with Gasteiger partial charge in [0.1, 0.15) is 11.7 Å². The average Bonchev–Trinajstić information content (AvgIpc) is 2.86. The third kappa shape index (κ3) is 0.874. The summed E-state index contributed by atoms with van der Waals surface area (Å²) in [5.41, 5.74) is 0.429. The molecule has 3 heteroatoms. The maximum Gasteiger partial charge on any atom is 0.115 e. The van der Waals surface area contributed by atoms with E-state index < -0.39 is 0 Å². The first-order valence-corrected chi connectivity index (χ1v) is 3.47. The van der Waals surface area contributed by atoms with Gasteiger partial charge in [0.2, 0.25) is 0 Å². The molecule has 0 aliphatic heterocycles. The quantitative estimate of drug-likeness (QED) is 0.586. The van der Waals surface area contributed by atoms with Gasteiger partial charge < -0.3 is 0 Å². The average molecular weight is 144 g/mol. The minimum atomic E-state index is -0.317. The second-order valence-electron chi connectivity index (χ2n) is 2.71. The van der Waals surface area contributed by atoms with Crippen LogP contribution in [0.15, 0.2) is 12.5 Å². The molecule has 1 fully saturated rings. The molecule has 1 saturated carbocycles. The highest BCUT2D eigenvalue weighted by Crippen LogP contribution is 2.45. The molecular weight excluding hydrogens is 138 g/mol.